The average Bonchev–Trinajstić information content (AvgIpc) is 3.45. The maximum Gasteiger partial charge on any atom is 0.223 e. The van der Waals surface area contributed by atoms with Gasteiger partial charge in [0.05, 0.1) is 6.61 Å². The Hall–Kier alpha value is -2.24. The number of hydrogen-bond donors (Lipinski definition) is 3. The Morgan fingerprint density at radius 3 is 2.64 bits per heavy atom. The third-order valence-electron chi connectivity index (χ3n) is 3.93. The molecule has 1 amide bonds. The van der Waals surface area contributed by atoms with Crippen LogP contribution in [0.3, 0.4) is 0 Å². The molecule has 3 N–H and O–H groups in total. The van der Waals surface area contributed by atoms with Crippen molar-refractivity contribution in [2.24, 2.45) is 10.9 Å². The molecule has 0 bridgehead atoms. The lowest BCUT2D eigenvalue weighted by molar-refractivity contribution is -0.122. The minimum atomic E-state index is 0.177. The van der Waals surface area contributed by atoms with Gasteiger partial charge < -0.3 is 20.7 Å². The molecule has 1 aliphatic carbocycles. The molecule has 138 valence electrons. The Morgan fingerprint density at radius 2 is 1.92 bits per heavy atom. The Kier molecular flexibility index (Phi) is 8.09. The zero-order valence-electron chi connectivity index (χ0n) is 15.3. The molecule has 25 heavy (non-hydrogen) atoms. The summed E-state index contributed by atoms with van der Waals surface area (Å²) in [6.07, 6.45) is 2.89. The normalized spacial score (nSPS) is 14.1. The van der Waals surface area contributed by atoms with Crippen LogP contribution in [-0.4, -0.2) is 44.7 Å². The van der Waals surface area contributed by atoms with Crippen molar-refractivity contribution < 1.29 is 9.53 Å². The van der Waals surface area contributed by atoms with Gasteiger partial charge in [0, 0.05) is 32.1 Å². The van der Waals surface area contributed by atoms with Crippen LogP contribution in [0.2, 0.25) is 0 Å². The predicted molar refractivity (Wildman–Crippen MR) is 101 cm³/mol. The van der Waals surface area contributed by atoms with Gasteiger partial charge in [0.25, 0.3) is 0 Å². The van der Waals surface area contributed by atoms with Crippen molar-refractivity contribution in [1.29, 1.82) is 0 Å². The van der Waals surface area contributed by atoms with Crippen molar-refractivity contribution in [3.05, 3.63) is 29.8 Å². The molecular weight excluding hydrogens is 316 g/mol. The summed E-state index contributed by atoms with van der Waals surface area (Å²) in [5.74, 6) is 2.14. The smallest absolute Gasteiger partial charge is 0.223 e. The monoisotopic (exact) mass is 346 g/mol. The van der Waals surface area contributed by atoms with E-state index in [1.165, 1.54) is 5.56 Å². The molecule has 0 aliphatic heterocycles. The number of para-hydroxylation sites is 1. The fourth-order valence-electron chi connectivity index (χ4n) is 2.49. The van der Waals surface area contributed by atoms with Gasteiger partial charge in [0.15, 0.2) is 5.96 Å². The molecule has 2 rings (SSSR count). The van der Waals surface area contributed by atoms with Crippen molar-refractivity contribution in [1.82, 2.24) is 16.0 Å². The first-order valence-electron chi connectivity index (χ1n) is 9.25. The number of nitrogens with zero attached hydrogens (tertiary/aromatic N) is 1. The van der Waals surface area contributed by atoms with E-state index in [1.54, 1.807) is 0 Å². The lowest BCUT2D eigenvalue weighted by Crippen LogP contribution is -2.41. The van der Waals surface area contributed by atoms with Crippen LogP contribution in [0.4, 0.5) is 0 Å². The standard InChI is InChI=1S/C19H30N4O2/c1-3-20-19(23-14-13-21-18(24)16-9-10-16)22-12-11-15-7-5-6-8-17(15)25-4-2/h5-8,16H,3-4,9-14H2,1-2H3,(H,21,24)(H2,20,22,23). The molecular formula is C19H30N4O2. The highest BCUT2D eigenvalue weighted by molar-refractivity contribution is 5.81. The molecule has 0 unspecified atom stereocenters. The van der Waals surface area contributed by atoms with Gasteiger partial charge in [-0.25, -0.2) is 0 Å². The van der Waals surface area contributed by atoms with Gasteiger partial charge in [0.1, 0.15) is 5.75 Å². The molecule has 0 saturated heterocycles. The van der Waals surface area contributed by atoms with E-state index in [0.717, 1.165) is 37.5 Å². The number of hydrogen-bond acceptors (Lipinski definition) is 3. The second-order valence-corrected chi connectivity index (χ2v) is 6.04. The van der Waals surface area contributed by atoms with Gasteiger partial charge >= 0.3 is 0 Å². The number of aliphatic imine (C=N–C) groups is 1. The van der Waals surface area contributed by atoms with Crippen molar-refractivity contribution in [3.63, 3.8) is 0 Å². The second kappa shape index (κ2) is 10.6. The molecule has 6 nitrogen and oxygen atoms in total. The van der Waals surface area contributed by atoms with E-state index in [9.17, 15) is 4.79 Å². The number of guanidine groups is 1. The minimum Gasteiger partial charge on any atom is -0.494 e. The molecule has 0 radical (unpaired) electrons. The van der Waals surface area contributed by atoms with E-state index in [1.807, 2.05) is 32.0 Å². The van der Waals surface area contributed by atoms with Crippen LogP contribution in [0.15, 0.2) is 29.3 Å². The first kappa shape index (κ1) is 19.1. The Bertz CT molecular complexity index is 570. The summed E-state index contributed by atoms with van der Waals surface area (Å²) in [5, 5.41) is 9.43. The highest BCUT2D eigenvalue weighted by Gasteiger charge is 2.28. The fourth-order valence-corrected chi connectivity index (χ4v) is 2.49. The van der Waals surface area contributed by atoms with Gasteiger partial charge in [-0.15, -0.1) is 0 Å². The molecule has 1 fully saturated rings. The number of ether oxygens (including phenoxy) is 1. The summed E-state index contributed by atoms with van der Waals surface area (Å²) < 4.78 is 5.65. The molecule has 1 aromatic carbocycles. The molecule has 1 saturated carbocycles. The van der Waals surface area contributed by atoms with Gasteiger partial charge in [0.2, 0.25) is 5.91 Å². The lowest BCUT2D eigenvalue weighted by Gasteiger charge is -2.12. The van der Waals surface area contributed by atoms with Crippen molar-refractivity contribution in [2.45, 2.75) is 33.1 Å². The van der Waals surface area contributed by atoms with Gasteiger partial charge in [-0.2, -0.15) is 0 Å². The first-order chi connectivity index (χ1) is 12.2. The van der Waals surface area contributed by atoms with Crippen LogP contribution >= 0.6 is 0 Å². The maximum atomic E-state index is 11.6. The molecule has 1 aliphatic rings. The third kappa shape index (κ3) is 7.03. The number of carbonyl (C=O) groups excluding carboxylic acids is 1. The minimum absolute atomic E-state index is 0.177. The summed E-state index contributed by atoms with van der Waals surface area (Å²) >= 11 is 0. The average molecular weight is 346 g/mol. The molecule has 0 aromatic heterocycles. The predicted octanol–water partition coefficient (Wildman–Crippen LogP) is 1.71. The number of carbonyl (C=O) groups is 1. The third-order valence-corrected chi connectivity index (χ3v) is 3.93. The van der Waals surface area contributed by atoms with Gasteiger partial charge in [-0.1, -0.05) is 18.2 Å². The lowest BCUT2D eigenvalue weighted by atomic mass is 10.1. The van der Waals surface area contributed by atoms with Crippen LogP contribution in [0.25, 0.3) is 0 Å². The quantitative estimate of drug-likeness (QED) is 0.342. The summed E-state index contributed by atoms with van der Waals surface area (Å²) in [7, 11) is 0. The zero-order chi connectivity index (χ0) is 17.9. The molecule has 0 heterocycles. The van der Waals surface area contributed by atoms with E-state index < -0.39 is 0 Å². The van der Waals surface area contributed by atoms with Crippen molar-refractivity contribution in [3.8, 4) is 5.75 Å². The Morgan fingerprint density at radius 1 is 1.16 bits per heavy atom. The van der Waals surface area contributed by atoms with Gasteiger partial charge in [-0.05, 0) is 44.7 Å². The zero-order valence-corrected chi connectivity index (χ0v) is 15.3. The largest absolute Gasteiger partial charge is 0.494 e. The molecule has 0 atom stereocenters. The second-order valence-electron chi connectivity index (χ2n) is 6.04. The van der Waals surface area contributed by atoms with Crippen LogP contribution in [-0.2, 0) is 11.2 Å². The summed E-state index contributed by atoms with van der Waals surface area (Å²) in [5.41, 5.74) is 1.17. The van der Waals surface area contributed by atoms with E-state index in [4.69, 9.17) is 4.74 Å². The molecule has 0 spiro atoms. The van der Waals surface area contributed by atoms with Crippen LogP contribution in [0.5, 0.6) is 5.75 Å². The van der Waals surface area contributed by atoms with Crippen LogP contribution in [0.1, 0.15) is 32.3 Å². The number of benzene rings is 1. The summed E-state index contributed by atoms with van der Waals surface area (Å²) in [6, 6.07) is 8.08. The summed E-state index contributed by atoms with van der Waals surface area (Å²) in [6.45, 7) is 7.45. The number of rotatable bonds is 10. The Labute approximate surface area is 150 Å². The highest BCUT2D eigenvalue weighted by atomic mass is 16.5. The van der Waals surface area contributed by atoms with E-state index in [-0.39, 0.29) is 11.8 Å². The van der Waals surface area contributed by atoms with Crippen LogP contribution in [0, 0.1) is 5.92 Å². The maximum absolute atomic E-state index is 11.6. The SMILES string of the molecule is CCNC(=NCCc1ccccc1OCC)NCCNC(=O)C1CC1. The van der Waals surface area contributed by atoms with Crippen molar-refractivity contribution >= 4 is 11.9 Å². The molecule has 1 aromatic rings. The van der Waals surface area contributed by atoms with E-state index >= 15 is 0 Å². The highest BCUT2D eigenvalue weighted by Crippen LogP contribution is 2.28. The van der Waals surface area contributed by atoms with Gasteiger partial charge in [-0.3, -0.25) is 9.79 Å². The van der Waals surface area contributed by atoms with E-state index in [2.05, 4.69) is 27.0 Å². The van der Waals surface area contributed by atoms with Crippen LogP contribution < -0.4 is 20.7 Å². The topological polar surface area (TPSA) is 74.8 Å². The number of amides is 1. The number of nitrogens with one attached hydrogen (secondary N) is 3. The van der Waals surface area contributed by atoms with Crippen molar-refractivity contribution in [2.75, 3.05) is 32.8 Å². The first-order valence-corrected chi connectivity index (χ1v) is 9.25. The summed E-state index contributed by atoms with van der Waals surface area (Å²) in [4.78, 5) is 16.2. The fraction of sp³-hybridized carbons (Fsp3) is 0.579. The van der Waals surface area contributed by atoms with E-state index in [0.29, 0.717) is 26.2 Å². The Balaban J connectivity index is 1.75. The molecule has 6 heteroatoms.